The van der Waals surface area contributed by atoms with Crippen LogP contribution in [0.1, 0.15) is 19.3 Å². The molecule has 1 atom stereocenters. The minimum atomic E-state index is 0.791. The van der Waals surface area contributed by atoms with Crippen LogP contribution in [0.5, 0.6) is 0 Å². The second kappa shape index (κ2) is 3.94. The number of hydrogen-bond acceptors (Lipinski definition) is 2. The standard InChI is InChI=1S/C8H18N2/c1-9-7-8-5-3-4-6-10(8)2/h8-9H,3-7H2,1-2H3/t8-/m0/s1. The van der Waals surface area contributed by atoms with Crippen LogP contribution >= 0.6 is 0 Å². The molecule has 2 nitrogen and oxygen atoms in total. The fraction of sp³-hybridized carbons (Fsp3) is 1.00. The average Bonchev–Trinajstić information content (AvgIpc) is 1.94. The van der Waals surface area contributed by atoms with Crippen molar-refractivity contribution in [2.75, 3.05) is 27.2 Å². The number of hydrogen-bond donors (Lipinski definition) is 1. The van der Waals surface area contributed by atoms with Crippen molar-refractivity contribution < 1.29 is 0 Å². The van der Waals surface area contributed by atoms with E-state index in [0.29, 0.717) is 0 Å². The SMILES string of the molecule is CNC[C@@H]1CCCCN1C. The van der Waals surface area contributed by atoms with Crippen molar-refractivity contribution in [2.24, 2.45) is 0 Å². The van der Waals surface area contributed by atoms with E-state index in [0.717, 1.165) is 12.6 Å². The van der Waals surface area contributed by atoms with E-state index >= 15 is 0 Å². The Morgan fingerprint density at radius 3 is 2.90 bits per heavy atom. The van der Waals surface area contributed by atoms with Gasteiger partial charge in [-0.05, 0) is 33.5 Å². The number of nitrogens with one attached hydrogen (secondary N) is 1. The van der Waals surface area contributed by atoms with Gasteiger partial charge in [-0.25, -0.2) is 0 Å². The van der Waals surface area contributed by atoms with E-state index in [1.165, 1.54) is 25.8 Å². The molecule has 1 heterocycles. The van der Waals surface area contributed by atoms with Gasteiger partial charge < -0.3 is 10.2 Å². The van der Waals surface area contributed by atoms with Crippen LogP contribution in [0.15, 0.2) is 0 Å². The maximum Gasteiger partial charge on any atom is 0.0217 e. The monoisotopic (exact) mass is 142 g/mol. The highest BCUT2D eigenvalue weighted by Crippen LogP contribution is 2.13. The highest BCUT2D eigenvalue weighted by molar-refractivity contribution is 4.74. The summed E-state index contributed by atoms with van der Waals surface area (Å²) in [6, 6.07) is 0.791. The Labute approximate surface area is 63.6 Å². The summed E-state index contributed by atoms with van der Waals surface area (Å²) in [5, 5.41) is 3.23. The molecule has 10 heavy (non-hydrogen) atoms. The summed E-state index contributed by atoms with van der Waals surface area (Å²) < 4.78 is 0. The number of nitrogens with zero attached hydrogens (tertiary/aromatic N) is 1. The number of rotatable bonds is 2. The Bertz CT molecular complexity index is 91.3. The molecule has 0 saturated carbocycles. The topological polar surface area (TPSA) is 15.3 Å². The maximum atomic E-state index is 3.23. The molecule has 1 aliphatic rings. The van der Waals surface area contributed by atoms with E-state index in [-0.39, 0.29) is 0 Å². The molecular weight excluding hydrogens is 124 g/mol. The van der Waals surface area contributed by atoms with Gasteiger partial charge in [0.1, 0.15) is 0 Å². The highest BCUT2D eigenvalue weighted by Gasteiger charge is 2.16. The minimum Gasteiger partial charge on any atom is -0.318 e. The van der Waals surface area contributed by atoms with E-state index in [1.807, 2.05) is 7.05 Å². The van der Waals surface area contributed by atoms with Gasteiger partial charge in [0, 0.05) is 12.6 Å². The summed E-state index contributed by atoms with van der Waals surface area (Å²) in [6.45, 7) is 2.43. The van der Waals surface area contributed by atoms with Crippen LogP contribution in [0.3, 0.4) is 0 Å². The van der Waals surface area contributed by atoms with Gasteiger partial charge in [-0.1, -0.05) is 6.42 Å². The van der Waals surface area contributed by atoms with Crippen molar-refractivity contribution in [3.05, 3.63) is 0 Å². The van der Waals surface area contributed by atoms with Gasteiger partial charge in [0.15, 0.2) is 0 Å². The smallest absolute Gasteiger partial charge is 0.0217 e. The molecule has 1 rings (SSSR count). The zero-order chi connectivity index (χ0) is 7.40. The van der Waals surface area contributed by atoms with Crippen LogP contribution < -0.4 is 5.32 Å². The number of likely N-dealkylation sites (N-methyl/N-ethyl adjacent to an activating group) is 2. The quantitative estimate of drug-likeness (QED) is 0.610. The lowest BCUT2D eigenvalue weighted by Crippen LogP contribution is -2.42. The normalized spacial score (nSPS) is 28.8. The van der Waals surface area contributed by atoms with Crippen LogP contribution in [0.4, 0.5) is 0 Å². The Morgan fingerprint density at radius 2 is 2.30 bits per heavy atom. The maximum absolute atomic E-state index is 3.23. The molecule has 1 N–H and O–H groups in total. The van der Waals surface area contributed by atoms with E-state index in [2.05, 4.69) is 17.3 Å². The molecule has 0 aromatic rings. The molecule has 0 aliphatic carbocycles. The van der Waals surface area contributed by atoms with Crippen molar-refractivity contribution in [1.82, 2.24) is 10.2 Å². The molecule has 1 aliphatic heterocycles. The van der Waals surface area contributed by atoms with Crippen molar-refractivity contribution in [3.8, 4) is 0 Å². The van der Waals surface area contributed by atoms with Gasteiger partial charge >= 0.3 is 0 Å². The van der Waals surface area contributed by atoms with Crippen LogP contribution in [0.2, 0.25) is 0 Å². The zero-order valence-corrected chi connectivity index (χ0v) is 7.06. The lowest BCUT2D eigenvalue weighted by atomic mass is 10.0. The molecule has 1 fully saturated rings. The van der Waals surface area contributed by atoms with E-state index < -0.39 is 0 Å². The van der Waals surface area contributed by atoms with Crippen molar-refractivity contribution in [1.29, 1.82) is 0 Å². The number of piperidine rings is 1. The first-order chi connectivity index (χ1) is 4.84. The summed E-state index contributed by atoms with van der Waals surface area (Å²) in [7, 11) is 4.25. The fourth-order valence-electron chi connectivity index (χ4n) is 1.64. The molecule has 0 aromatic heterocycles. The van der Waals surface area contributed by atoms with Gasteiger partial charge in [-0.3, -0.25) is 0 Å². The van der Waals surface area contributed by atoms with Crippen molar-refractivity contribution in [2.45, 2.75) is 25.3 Å². The first kappa shape index (κ1) is 8.02. The fourth-order valence-corrected chi connectivity index (χ4v) is 1.64. The van der Waals surface area contributed by atoms with Crippen LogP contribution in [-0.2, 0) is 0 Å². The Kier molecular flexibility index (Phi) is 3.16. The third kappa shape index (κ3) is 1.96. The minimum absolute atomic E-state index is 0.791. The average molecular weight is 142 g/mol. The second-order valence-corrected chi connectivity index (χ2v) is 3.19. The summed E-state index contributed by atoms with van der Waals surface area (Å²) in [5.74, 6) is 0. The first-order valence-corrected chi connectivity index (χ1v) is 4.19. The van der Waals surface area contributed by atoms with Gasteiger partial charge in [-0.2, -0.15) is 0 Å². The molecular formula is C8H18N2. The lowest BCUT2D eigenvalue weighted by Gasteiger charge is -2.32. The first-order valence-electron chi connectivity index (χ1n) is 4.19. The third-order valence-electron chi connectivity index (χ3n) is 2.36. The highest BCUT2D eigenvalue weighted by atomic mass is 15.1. The Hall–Kier alpha value is -0.0800. The van der Waals surface area contributed by atoms with Crippen LogP contribution in [-0.4, -0.2) is 38.1 Å². The van der Waals surface area contributed by atoms with Crippen LogP contribution in [0, 0.1) is 0 Å². The third-order valence-corrected chi connectivity index (χ3v) is 2.36. The Balaban J connectivity index is 2.25. The van der Waals surface area contributed by atoms with Crippen molar-refractivity contribution in [3.63, 3.8) is 0 Å². The number of likely N-dealkylation sites (tertiary alicyclic amines) is 1. The lowest BCUT2D eigenvalue weighted by molar-refractivity contribution is 0.184. The van der Waals surface area contributed by atoms with Gasteiger partial charge in [0.2, 0.25) is 0 Å². The molecule has 2 heteroatoms. The van der Waals surface area contributed by atoms with Crippen molar-refractivity contribution >= 4 is 0 Å². The molecule has 0 amide bonds. The summed E-state index contributed by atoms with van der Waals surface area (Å²) in [4.78, 5) is 2.46. The van der Waals surface area contributed by atoms with Crippen LogP contribution in [0.25, 0.3) is 0 Å². The zero-order valence-electron chi connectivity index (χ0n) is 7.06. The summed E-state index contributed by atoms with van der Waals surface area (Å²) >= 11 is 0. The summed E-state index contributed by atoms with van der Waals surface area (Å²) in [6.07, 6.45) is 4.17. The predicted octanol–water partition coefficient (Wildman–Crippen LogP) is 0.690. The molecule has 0 unspecified atom stereocenters. The van der Waals surface area contributed by atoms with Gasteiger partial charge in [0.25, 0.3) is 0 Å². The Morgan fingerprint density at radius 1 is 1.50 bits per heavy atom. The molecule has 1 saturated heterocycles. The van der Waals surface area contributed by atoms with E-state index in [4.69, 9.17) is 0 Å². The van der Waals surface area contributed by atoms with Gasteiger partial charge in [0.05, 0.1) is 0 Å². The molecule has 0 aromatic carbocycles. The molecule has 60 valence electrons. The van der Waals surface area contributed by atoms with E-state index in [9.17, 15) is 0 Å². The van der Waals surface area contributed by atoms with Gasteiger partial charge in [-0.15, -0.1) is 0 Å². The molecule has 0 bridgehead atoms. The largest absolute Gasteiger partial charge is 0.318 e. The second-order valence-electron chi connectivity index (χ2n) is 3.19. The molecule has 0 radical (unpaired) electrons. The molecule has 0 spiro atoms. The van der Waals surface area contributed by atoms with E-state index in [1.54, 1.807) is 0 Å². The predicted molar refractivity (Wildman–Crippen MR) is 44.2 cm³/mol. The summed E-state index contributed by atoms with van der Waals surface area (Å²) in [5.41, 5.74) is 0.